The Bertz CT molecular complexity index is 1150. The molecule has 0 saturated carbocycles. The highest BCUT2D eigenvalue weighted by molar-refractivity contribution is 7.96. The molecule has 1 heterocycles. The lowest BCUT2D eigenvalue weighted by Crippen LogP contribution is -2.24. The molecule has 1 aromatic heterocycles. The van der Waals surface area contributed by atoms with Crippen molar-refractivity contribution >= 4 is 57.4 Å². The average Bonchev–Trinajstić information content (AvgIpc) is 3.02. The number of rotatable bonds is 6. The number of hydrogen-bond acceptors (Lipinski definition) is 4. The van der Waals surface area contributed by atoms with E-state index in [-0.39, 0.29) is 22.4 Å². The zero-order valence-corrected chi connectivity index (χ0v) is 18.9. The van der Waals surface area contributed by atoms with E-state index in [1.54, 1.807) is 0 Å². The van der Waals surface area contributed by atoms with Crippen molar-refractivity contribution < 1.29 is 31.7 Å². The lowest BCUT2D eigenvalue weighted by atomic mass is 10.0. The Labute approximate surface area is 185 Å². The van der Waals surface area contributed by atoms with Crippen LogP contribution in [0.15, 0.2) is 47.6 Å². The highest BCUT2D eigenvalue weighted by Crippen LogP contribution is 2.29. The van der Waals surface area contributed by atoms with Gasteiger partial charge in [-0.05, 0) is 42.1 Å². The number of carbonyl (C=O) groups is 2. The molecule has 11 heteroatoms. The summed E-state index contributed by atoms with van der Waals surface area (Å²) in [6, 6.07) is 13.9. The van der Waals surface area contributed by atoms with E-state index in [0.717, 1.165) is 28.4 Å². The second kappa shape index (κ2) is 10.7. The van der Waals surface area contributed by atoms with E-state index >= 15 is 0 Å². The van der Waals surface area contributed by atoms with Crippen LogP contribution in [-0.2, 0) is 27.1 Å². The highest BCUT2D eigenvalue weighted by atomic mass is 32.2. The zero-order valence-electron chi connectivity index (χ0n) is 18.1. The normalized spacial score (nSPS) is 12.1. The van der Waals surface area contributed by atoms with E-state index in [2.05, 4.69) is 28.8 Å². The maximum absolute atomic E-state index is 13.0. The molecule has 5 nitrogen and oxygen atoms in total. The third-order valence-corrected chi connectivity index (χ3v) is 5.17. The van der Waals surface area contributed by atoms with Crippen molar-refractivity contribution in [2.75, 3.05) is 18.3 Å². The molecule has 0 spiro atoms. The van der Waals surface area contributed by atoms with E-state index < -0.39 is 13.2 Å². The number of nitrogens with zero attached hydrogens (tertiary/aromatic N) is 2. The summed E-state index contributed by atoms with van der Waals surface area (Å²) in [6.07, 6.45) is 4.04. The van der Waals surface area contributed by atoms with Crippen molar-refractivity contribution in [3.63, 3.8) is 0 Å². The van der Waals surface area contributed by atoms with Gasteiger partial charge in [-0.3, -0.25) is 4.79 Å². The molecule has 0 N–H and O–H groups in total. The summed E-state index contributed by atoms with van der Waals surface area (Å²) >= 11 is 0. The van der Waals surface area contributed by atoms with E-state index in [4.69, 9.17) is 4.84 Å². The van der Waals surface area contributed by atoms with E-state index in [1.807, 2.05) is 42.8 Å². The van der Waals surface area contributed by atoms with Crippen LogP contribution in [-0.4, -0.2) is 47.6 Å². The molecule has 0 aliphatic carbocycles. The van der Waals surface area contributed by atoms with Crippen LogP contribution in [0, 0.1) is 0 Å². The van der Waals surface area contributed by atoms with Gasteiger partial charge in [0.05, 0.1) is 12.5 Å². The predicted octanol–water partition coefficient (Wildman–Crippen LogP) is 5.09. The molecular formula is C21H23BF4N2O3S. The minimum atomic E-state index is -6.00. The summed E-state index contributed by atoms with van der Waals surface area (Å²) < 4.78 is 41.2. The summed E-state index contributed by atoms with van der Waals surface area (Å²) in [6.45, 7) is 4.23. The van der Waals surface area contributed by atoms with E-state index in [0.29, 0.717) is 11.3 Å². The van der Waals surface area contributed by atoms with Crippen LogP contribution in [0.25, 0.3) is 21.8 Å². The number of aryl methyl sites for hydroxylation is 1. The van der Waals surface area contributed by atoms with Crippen LogP contribution in [0.4, 0.5) is 17.3 Å². The van der Waals surface area contributed by atoms with Crippen molar-refractivity contribution in [1.29, 1.82) is 0 Å². The molecule has 0 radical (unpaired) electrons. The lowest BCUT2D eigenvalue weighted by molar-refractivity contribution is -0.140. The van der Waals surface area contributed by atoms with Gasteiger partial charge in [0, 0.05) is 40.8 Å². The first-order valence-corrected chi connectivity index (χ1v) is 11.8. The number of benzene rings is 2. The number of Topliss-reactive ketones (excluding diaryl/α,β-unsaturated/α-hetero) is 1. The van der Waals surface area contributed by atoms with Crippen molar-refractivity contribution in [2.24, 2.45) is 5.16 Å². The molecule has 0 atom stereocenters. The molecule has 0 saturated heterocycles. The second-order valence-electron chi connectivity index (χ2n) is 7.07. The Morgan fingerprint density at radius 1 is 1.03 bits per heavy atom. The van der Waals surface area contributed by atoms with Crippen LogP contribution in [0.1, 0.15) is 24.2 Å². The van der Waals surface area contributed by atoms with Crippen LogP contribution in [0.2, 0.25) is 0 Å². The molecule has 32 heavy (non-hydrogen) atoms. The van der Waals surface area contributed by atoms with Gasteiger partial charge in [-0.25, -0.2) is 4.79 Å². The summed E-state index contributed by atoms with van der Waals surface area (Å²) in [5.74, 6) is -0.262. The molecule has 172 valence electrons. The van der Waals surface area contributed by atoms with Crippen molar-refractivity contribution in [3.8, 4) is 0 Å². The SMILES string of the molecule is CCn1c2ccccc2c2cc(C(=O)/C(C[S+](C)C)=N/OC(C)=O)ccc21.F[B-](F)(F)F. The van der Waals surface area contributed by atoms with Gasteiger partial charge in [0.25, 0.3) is 0 Å². The smallest absolute Gasteiger partial charge is 0.418 e. The molecule has 0 aliphatic heterocycles. The number of oxime groups is 1. The third-order valence-electron chi connectivity index (χ3n) is 4.32. The van der Waals surface area contributed by atoms with Crippen molar-refractivity contribution in [3.05, 3.63) is 48.0 Å². The Hall–Kier alpha value is -2.82. The summed E-state index contributed by atoms with van der Waals surface area (Å²) in [5.41, 5.74) is 3.08. The van der Waals surface area contributed by atoms with Gasteiger partial charge < -0.3 is 26.7 Å². The van der Waals surface area contributed by atoms with Gasteiger partial charge in [-0.2, -0.15) is 0 Å². The Kier molecular flexibility index (Phi) is 8.48. The number of fused-ring (bicyclic) bond motifs is 3. The maximum atomic E-state index is 13.0. The van der Waals surface area contributed by atoms with Crippen LogP contribution in [0.3, 0.4) is 0 Å². The average molecular weight is 470 g/mol. The number of halogens is 4. The molecule has 3 aromatic rings. The molecule has 0 bridgehead atoms. The number of aromatic nitrogens is 1. The van der Waals surface area contributed by atoms with Crippen LogP contribution >= 0.6 is 0 Å². The largest absolute Gasteiger partial charge is 0.673 e. The predicted molar refractivity (Wildman–Crippen MR) is 123 cm³/mol. The number of para-hydroxylation sites is 1. The molecule has 0 fully saturated rings. The fourth-order valence-corrected chi connectivity index (χ4v) is 3.96. The number of hydrogen-bond donors (Lipinski definition) is 0. The van der Waals surface area contributed by atoms with Gasteiger partial charge in [0.1, 0.15) is 0 Å². The molecule has 0 aliphatic rings. The lowest BCUT2D eigenvalue weighted by Gasteiger charge is -2.05. The number of carbonyl (C=O) groups excluding carboxylic acids is 2. The number of ketones is 1. The van der Waals surface area contributed by atoms with Crippen molar-refractivity contribution in [1.82, 2.24) is 4.57 Å². The maximum Gasteiger partial charge on any atom is 0.673 e. The van der Waals surface area contributed by atoms with Gasteiger partial charge in [0.2, 0.25) is 5.78 Å². The molecule has 0 unspecified atom stereocenters. The topological polar surface area (TPSA) is 60.7 Å². The van der Waals surface area contributed by atoms with Crippen LogP contribution in [0.5, 0.6) is 0 Å². The summed E-state index contributed by atoms with van der Waals surface area (Å²) in [5, 5.41) is 5.98. The molecule has 0 amide bonds. The Morgan fingerprint density at radius 2 is 1.62 bits per heavy atom. The Balaban J connectivity index is 0.000000654. The monoisotopic (exact) mass is 470 g/mol. The van der Waals surface area contributed by atoms with Crippen LogP contribution < -0.4 is 0 Å². The fraction of sp³-hybridized carbons (Fsp3) is 0.286. The van der Waals surface area contributed by atoms with E-state index in [9.17, 15) is 26.9 Å². The fourth-order valence-electron chi connectivity index (χ4n) is 3.23. The Morgan fingerprint density at radius 3 is 2.19 bits per heavy atom. The first-order chi connectivity index (χ1) is 14.9. The minimum absolute atomic E-state index is 0.0484. The van der Waals surface area contributed by atoms with E-state index in [1.165, 1.54) is 6.92 Å². The standard InChI is InChI=1S/C21H23N2O3S.BF4/c1-5-23-19-9-7-6-8-16(19)17-12-15(10-11-20(17)23)21(25)18(13-27(3)4)22-26-14(2)24;2-1(3,4)5/h6-12H,5,13H2,1-4H3;/q+1;-1/b22-18+;. The molecule has 3 rings (SSSR count). The van der Waals surface area contributed by atoms with Gasteiger partial charge in [-0.1, -0.05) is 23.4 Å². The van der Waals surface area contributed by atoms with Gasteiger partial charge in [-0.15, -0.1) is 0 Å². The molecule has 2 aromatic carbocycles. The second-order valence-corrected chi connectivity index (χ2v) is 9.33. The summed E-state index contributed by atoms with van der Waals surface area (Å²) in [7, 11) is -6.05. The molecular weight excluding hydrogens is 447 g/mol. The minimum Gasteiger partial charge on any atom is -0.418 e. The van der Waals surface area contributed by atoms with Gasteiger partial charge >= 0.3 is 13.2 Å². The third kappa shape index (κ3) is 6.84. The highest BCUT2D eigenvalue weighted by Gasteiger charge is 2.23. The zero-order chi connectivity index (χ0) is 24.1. The quantitative estimate of drug-likeness (QED) is 0.0959. The summed E-state index contributed by atoms with van der Waals surface area (Å²) in [4.78, 5) is 28.9. The van der Waals surface area contributed by atoms with Crippen molar-refractivity contribution in [2.45, 2.75) is 20.4 Å². The first-order valence-electron chi connectivity index (χ1n) is 9.64. The first kappa shape index (κ1) is 25.4. The van der Waals surface area contributed by atoms with Gasteiger partial charge in [0.15, 0.2) is 11.5 Å².